The smallest absolute Gasteiger partial charge is 0.127 e. The predicted octanol–water partition coefficient (Wildman–Crippen LogP) is 2.69. The number of likely N-dealkylation sites (tertiary alicyclic amines) is 1. The molecule has 0 radical (unpaired) electrons. The highest BCUT2D eigenvalue weighted by atomic mass is 15.3. The summed E-state index contributed by atoms with van der Waals surface area (Å²) in [6.07, 6.45) is 2.57. The van der Waals surface area contributed by atoms with Gasteiger partial charge in [-0.15, -0.1) is 0 Å². The molecule has 1 fully saturated rings. The van der Waals surface area contributed by atoms with Gasteiger partial charge in [0.15, 0.2) is 0 Å². The third-order valence-corrected chi connectivity index (χ3v) is 4.05. The molecule has 4 heteroatoms. The number of para-hydroxylation sites is 1. The molecule has 0 unspecified atom stereocenters. The van der Waals surface area contributed by atoms with E-state index in [4.69, 9.17) is 5.73 Å². The van der Waals surface area contributed by atoms with Gasteiger partial charge in [-0.3, -0.25) is 4.90 Å². The average Bonchev–Trinajstić information content (AvgIpc) is 2.83. The monoisotopic (exact) mass is 270 g/mol. The zero-order chi connectivity index (χ0) is 13.9. The molecule has 0 spiro atoms. The minimum atomic E-state index is 0.705. The maximum Gasteiger partial charge on any atom is 0.127 e. The van der Waals surface area contributed by atoms with Gasteiger partial charge in [-0.2, -0.15) is 5.10 Å². The van der Waals surface area contributed by atoms with Crippen LogP contribution < -0.4 is 5.73 Å². The minimum Gasteiger partial charge on any atom is -0.384 e. The number of nitrogens with two attached hydrogens (primary N) is 1. The van der Waals surface area contributed by atoms with E-state index in [0.717, 1.165) is 23.8 Å². The first kappa shape index (κ1) is 13.2. The van der Waals surface area contributed by atoms with E-state index in [1.807, 2.05) is 41.1 Å². The summed E-state index contributed by atoms with van der Waals surface area (Å²) in [7, 11) is 0. The molecule has 0 bridgehead atoms. The molecule has 0 aliphatic carbocycles. The minimum absolute atomic E-state index is 0.705. The van der Waals surface area contributed by atoms with Crippen molar-refractivity contribution >= 4 is 5.82 Å². The van der Waals surface area contributed by atoms with E-state index in [-0.39, 0.29) is 0 Å². The topological polar surface area (TPSA) is 47.1 Å². The summed E-state index contributed by atoms with van der Waals surface area (Å²) in [5, 5.41) is 4.64. The van der Waals surface area contributed by atoms with Crippen LogP contribution in [0.25, 0.3) is 5.69 Å². The summed E-state index contributed by atoms with van der Waals surface area (Å²) >= 11 is 0. The molecule has 0 amide bonds. The van der Waals surface area contributed by atoms with Crippen molar-refractivity contribution in [3.05, 3.63) is 42.1 Å². The number of hydrogen-bond acceptors (Lipinski definition) is 3. The number of nitrogen functional groups attached to an aromatic ring is 1. The lowest BCUT2D eigenvalue weighted by molar-refractivity contribution is 0.183. The van der Waals surface area contributed by atoms with Crippen LogP contribution in [0.15, 0.2) is 36.4 Å². The van der Waals surface area contributed by atoms with Gasteiger partial charge in [0.25, 0.3) is 0 Å². The van der Waals surface area contributed by atoms with E-state index in [0.29, 0.717) is 5.82 Å². The quantitative estimate of drug-likeness (QED) is 0.932. The largest absolute Gasteiger partial charge is 0.384 e. The molecule has 1 aliphatic heterocycles. The summed E-state index contributed by atoms with van der Waals surface area (Å²) < 4.78 is 1.82. The Bertz CT molecular complexity index is 553. The Morgan fingerprint density at radius 1 is 1.20 bits per heavy atom. The molecule has 2 N–H and O–H groups in total. The van der Waals surface area contributed by atoms with E-state index in [1.165, 1.54) is 25.9 Å². The predicted molar refractivity (Wildman–Crippen MR) is 81.7 cm³/mol. The highest BCUT2D eigenvalue weighted by Crippen LogP contribution is 2.19. The third-order valence-electron chi connectivity index (χ3n) is 4.05. The number of anilines is 1. The van der Waals surface area contributed by atoms with Crippen molar-refractivity contribution in [2.45, 2.75) is 26.3 Å². The second kappa shape index (κ2) is 5.67. The molecule has 3 rings (SSSR count). The van der Waals surface area contributed by atoms with Gasteiger partial charge in [0, 0.05) is 12.6 Å². The normalized spacial score (nSPS) is 17.4. The molecule has 1 aromatic heterocycles. The summed E-state index contributed by atoms with van der Waals surface area (Å²) in [5.74, 6) is 1.56. The molecule has 2 heterocycles. The van der Waals surface area contributed by atoms with Crippen molar-refractivity contribution in [3.8, 4) is 5.69 Å². The van der Waals surface area contributed by atoms with Crippen LogP contribution in [-0.2, 0) is 6.54 Å². The first-order valence-electron chi connectivity index (χ1n) is 7.34. The lowest BCUT2D eigenvalue weighted by Crippen LogP contribution is -2.32. The standard InChI is InChI=1S/C16H22N4/c1-13-7-9-19(10-8-13)12-14-11-16(17)20(18-14)15-5-3-2-4-6-15/h2-6,11,13H,7-10,12,17H2,1H3. The Labute approximate surface area is 120 Å². The van der Waals surface area contributed by atoms with Crippen LogP contribution in [0, 0.1) is 5.92 Å². The van der Waals surface area contributed by atoms with Gasteiger partial charge in [0.2, 0.25) is 0 Å². The van der Waals surface area contributed by atoms with Crippen molar-refractivity contribution in [1.29, 1.82) is 0 Å². The van der Waals surface area contributed by atoms with Crippen molar-refractivity contribution in [3.63, 3.8) is 0 Å². The van der Waals surface area contributed by atoms with Crippen molar-refractivity contribution < 1.29 is 0 Å². The number of benzene rings is 1. The maximum atomic E-state index is 6.08. The van der Waals surface area contributed by atoms with Gasteiger partial charge in [0.05, 0.1) is 11.4 Å². The Kier molecular flexibility index (Phi) is 3.74. The van der Waals surface area contributed by atoms with E-state index < -0.39 is 0 Å². The lowest BCUT2D eigenvalue weighted by Gasteiger charge is -2.29. The van der Waals surface area contributed by atoms with Crippen molar-refractivity contribution in [2.24, 2.45) is 5.92 Å². The fourth-order valence-electron chi connectivity index (χ4n) is 2.75. The van der Waals surface area contributed by atoms with Crippen LogP contribution >= 0.6 is 0 Å². The summed E-state index contributed by atoms with van der Waals surface area (Å²) in [6.45, 7) is 5.56. The molecular weight excluding hydrogens is 248 g/mol. The molecule has 2 aromatic rings. The first-order chi connectivity index (χ1) is 9.72. The molecule has 1 aromatic carbocycles. The zero-order valence-electron chi connectivity index (χ0n) is 12.0. The Balaban J connectivity index is 1.73. The van der Waals surface area contributed by atoms with Gasteiger partial charge in [0.1, 0.15) is 5.82 Å². The average molecular weight is 270 g/mol. The van der Waals surface area contributed by atoms with Gasteiger partial charge in [-0.25, -0.2) is 4.68 Å². The summed E-state index contributed by atoms with van der Waals surface area (Å²) in [5.41, 5.74) is 8.16. The van der Waals surface area contributed by atoms with E-state index in [2.05, 4.69) is 16.9 Å². The Hall–Kier alpha value is -1.81. The molecule has 4 nitrogen and oxygen atoms in total. The number of piperidine rings is 1. The second-order valence-electron chi connectivity index (χ2n) is 5.77. The molecular formula is C16H22N4. The Morgan fingerprint density at radius 3 is 2.60 bits per heavy atom. The zero-order valence-corrected chi connectivity index (χ0v) is 12.0. The number of rotatable bonds is 3. The molecule has 0 atom stereocenters. The number of nitrogens with zero attached hydrogens (tertiary/aromatic N) is 3. The molecule has 20 heavy (non-hydrogen) atoms. The van der Waals surface area contributed by atoms with Crippen LogP contribution in [0.1, 0.15) is 25.5 Å². The van der Waals surface area contributed by atoms with Crippen LogP contribution in [0.2, 0.25) is 0 Å². The molecule has 106 valence electrons. The van der Waals surface area contributed by atoms with Crippen LogP contribution in [0.5, 0.6) is 0 Å². The molecule has 0 saturated carbocycles. The summed E-state index contributed by atoms with van der Waals surface area (Å²) in [6, 6.07) is 12.0. The van der Waals surface area contributed by atoms with Gasteiger partial charge < -0.3 is 5.73 Å². The molecule has 1 aliphatic rings. The number of aromatic nitrogens is 2. The highest BCUT2D eigenvalue weighted by molar-refractivity contribution is 5.42. The first-order valence-corrected chi connectivity index (χ1v) is 7.34. The lowest BCUT2D eigenvalue weighted by atomic mass is 9.99. The second-order valence-corrected chi connectivity index (χ2v) is 5.77. The third kappa shape index (κ3) is 2.85. The van der Waals surface area contributed by atoms with E-state index in [9.17, 15) is 0 Å². The van der Waals surface area contributed by atoms with Crippen LogP contribution in [-0.4, -0.2) is 27.8 Å². The summed E-state index contributed by atoms with van der Waals surface area (Å²) in [4.78, 5) is 2.47. The SMILES string of the molecule is CC1CCN(Cc2cc(N)n(-c3ccccc3)n2)CC1. The van der Waals surface area contributed by atoms with E-state index in [1.54, 1.807) is 0 Å². The van der Waals surface area contributed by atoms with Gasteiger partial charge >= 0.3 is 0 Å². The fraction of sp³-hybridized carbons (Fsp3) is 0.438. The Morgan fingerprint density at radius 2 is 1.90 bits per heavy atom. The van der Waals surface area contributed by atoms with Crippen LogP contribution in [0.3, 0.4) is 0 Å². The number of hydrogen-bond donors (Lipinski definition) is 1. The van der Waals surface area contributed by atoms with Gasteiger partial charge in [-0.05, 0) is 44.0 Å². The van der Waals surface area contributed by atoms with Crippen LogP contribution in [0.4, 0.5) is 5.82 Å². The maximum absolute atomic E-state index is 6.08. The van der Waals surface area contributed by atoms with E-state index >= 15 is 0 Å². The van der Waals surface area contributed by atoms with Gasteiger partial charge in [-0.1, -0.05) is 25.1 Å². The van der Waals surface area contributed by atoms with Crippen molar-refractivity contribution in [1.82, 2.24) is 14.7 Å². The van der Waals surface area contributed by atoms with Crippen molar-refractivity contribution in [2.75, 3.05) is 18.8 Å². The molecule has 1 saturated heterocycles. The highest BCUT2D eigenvalue weighted by Gasteiger charge is 2.17. The fourth-order valence-corrected chi connectivity index (χ4v) is 2.75.